The Labute approximate surface area is 187 Å². The number of unbranched alkanes of at least 4 members (excludes halogenated alkanes) is 3. The molecule has 0 spiro atoms. The minimum Gasteiger partial charge on any atom is -0.497 e. The highest BCUT2D eigenvalue weighted by atomic mass is 16.5. The highest BCUT2D eigenvalue weighted by molar-refractivity contribution is 5.31. The SMILES string of the molecule is CCCCCCOc1ccc(OC[C@@H](O)CNC(C)(C)Cc2ccc(OC)cc2)cc1. The zero-order valence-electron chi connectivity index (χ0n) is 19.5. The van der Waals surface area contributed by atoms with Gasteiger partial charge in [-0.3, -0.25) is 0 Å². The summed E-state index contributed by atoms with van der Waals surface area (Å²) in [5.74, 6) is 2.44. The summed E-state index contributed by atoms with van der Waals surface area (Å²) in [6, 6.07) is 15.7. The van der Waals surface area contributed by atoms with E-state index in [0.717, 1.165) is 36.7 Å². The number of rotatable bonds is 15. The molecule has 0 unspecified atom stereocenters. The zero-order valence-corrected chi connectivity index (χ0v) is 19.5. The first-order valence-electron chi connectivity index (χ1n) is 11.3. The number of aliphatic hydroxyl groups excluding tert-OH is 1. The lowest BCUT2D eigenvalue weighted by molar-refractivity contribution is 0.0988. The van der Waals surface area contributed by atoms with Gasteiger partial charge in [0.25, 0.3) is 0 Å². The number of nitrogens with one attached hydrogen (secondary N) is 1. The number of aliphatic hydroxyl groups is 1. The Hall–Kier alpha value is -2.24. The summed E-state index contributed by atoms with van der Waals surface area (Å²) >= 11 is 0. The zero-order chi connectivity index (χ0) is 22.5. The van der Waals surface area contributed by atoms with Crippen molar-refractivity contribution in [3.05, 3.63) is 54.1 Å². The van der Waals surface area contributed by atoms with Crippen LogP contribution in [0.1, 0.15) is 52.0 Å². The van der Waals surface area contributed by atoms with E-state index in [2.05, 4.69) is 38.2 Å². The van der Waals surface area contributed by atoms with Gasteiger partial charge in [0, 0.05) is 12.1 Å². The summed E-state index contributed by atoms with van der Waals surface area (Å²) in [6.45, 7) is 7.91. The molecule has 0 saturated heterocycles. The molecule has 0 radical (unpaired) electrons. The lowest BCUT2D eigenvalue weighted by Crippen LogP contribution is -2.46. The van der Waals surface area contributed by atoms with E-state index < -0.39 is 6.10 Å². The molecule has 0 heterocycles. The molecule has 1 atom stereocenters. The van der Waals surface area contributed by atoms with Gasteiger partial charge in [-0.05, 0) is 68.7 Å². The van der Waals surface area contributed by atoms with E-state index in [0.29, 0.717) is 6.54 Å². The Morgan fingerprint density at radius 2 is 1.48 bits per heavy atom. The molecule has 0 amide bonds. The molecule has 2 N–H and O–H groups in total. The molecule has 0 aliphatic heterocycles. The standard InChI is InChI=1S/C26H39NO4/c1-5-6-7-8-17-30-24-13-15-25(16-14-24)31-20-22(28)19-27-26(2,3)18-21-9-11-23(29-4)12-10-21/h9-16,22,27-28H,5-8,17-20H2,1-4H3/t22-/m0/s1. The van der Waals surface area contributed by atoms with Gasteiger partial charge < -0.3 is 24.6 Å². The van der Waals surface area contributed by atoms with E-state index in [1.807, 2.05) is 36.4 Å². The highest BCUT2D eigenvalue weighted by Gasteiger charge is 2.19. The molecule has 31 heavy (non-hydrogen) atoms. The van der Waals surface area contributed by atoms with Crippen LogP contribution in [0.4, 0.5) is 0 Å². The lowest BCUT2D eigenvalue weighted by atomic mass is 9.94. The molecular formula is C26H39NO4. The molecule has 2 rings (SSSR count). The van der Waals surface area contributed by atoms with Gasteiger partial charge in [-0.15, -0.1) is 0 Å². The summed E-state index contributed by atoms with van der Waals surface area (Å²) < 4.78 is 16.7. The van der Waals surface area contributed by atoms with E-state index in [1.165, 1.54) is 24.8 Å². The van der Waals surface area contributed by atoms with Gasteiger partial charge >= 0.3 is 0 Å². The minimum atomic E-state index is -0.593. The summed E-state index contributed by atoms with van der Waals surface area (Å²) in [7, 11) is 1.67. The normalized spacial score (nSPS) is 12.4. The molecule has 0 aliphatic carbocycles. The van der Waals surface area contributed by atoms with Gasteiger partial charge in [-0.1, -0.05) is 38.3 Å². The van der Waals surface area contributed by atoms with Crippen LogP contribution >= 0.6 is 0 Å². The van der Waals surface area contributed by atoms with Crippen LogP contribution in [0.5, 0.6) is 17.2 Å². The average Bonchev–Trinajstić information content (AvgIpc) is 2.77. The van der Waals surface area contributed by atoms with Crippen molar-refractivity contribution < 1.29 is 19.3 Å². The first-order chi connectivity index (χ1) is 14.9. The molecule has 0 saturated carbocycles. The second-order valence-electron chi connectivity index (χ2n) is 8.63. The highest BCUT2D eigenvalue weighted by Crippen LogP contribution is 2.19. The lowest BCUT2D eigenvalue weighted by Gasteiger charge is -2.28. The maximum atomic E-state index is 10.3. The van der Waals surface area contributed by atoms with Crippen LogP contribution in [0.15, 0.2) is 48.5 Å². The van der Waals surface area contributed by atoms with Gasteiger partial charge in [-0.25, -0.2) is 0 Å². The van der Waals surface area contributed by atoms with Crippen molar-refractivity contribution in [3.8, 4) is 17.2 Å². The monoisotopic (exact) mass is 429 g/mol. The molecule has 5 nitrogen and oxygen atoms in total. The Kier molecular flexibility index (Phi) is 10.7. The molecule has 0 bridgehead atoms. The summed E-state index contributed by atoms with van der Waals surface area (Å²) in [6.07, 6.45) is 5.04. The Balaban J connectivity index is 1.67. The molecule has 2 aromatic rings. The van der Waals surface area contributed by atoms with Crippen LogP contribution in [0.3, 0.4) is 0 Å². The number of hydrogen-bond donors (Lipinski definition) is 2. The van der Waals surface area contributed by atoms with Crippen LogP contribution in [0.25, 0.3) is 0 Å². The van der Waals surface area contributed by atoms with Crippen molar-refractivity contribution in [2.24, 2.45) is 0 Å². The number of benzene rings is 2. The summed E-state index contributed by atoms with van der Waals surface area (Å²) in [4.78, 5) is 0. The fourth-order valence-electron chi connectivity index (χ4n) is 3.31. The van der Waals surface area contributed by atoms with Crippen molar-refractivity contribution >= 4 is 0 Å². The Morgan fingerprint density at radius 1 is 0.871 bits per heavy atom. The topological polar surface area (TPSA) is 60.0 Å². The van der Waals surface area contributed by atoms with E-state index in [9.17, 15) is 5.11 Å². The van der Waals surface area contributed by atoms with Crippen molar-refractivity contribution in [1.29, 1.82) is 0 Å². The van der Waals surface area contributed by atoms with Crippen LogP contribution in [0.2, 0.25) is 0 Å². The number of ether oxygens (including phenoxy) is 3. The first kappa shape index (κ1) is 25.0. The predicted molar refractivity (Wildman–Crippen MR) is 126 cm³/mol. The number of hydrogen-bond acceptors (Lipinski definition) is 5. The van der Waals surface area contributed by atoms with Gasteiger partial charge in [0.1, 0.15) is 30.0 Å². The summed E-state index contributed by atoms with van der Waals surface area (Å²) in [5, 5.41) is 13.8. The minimum absolute atomic E-state index is 0.147. The van der Waals surface area contributed by atoms with Crippen LogP contribution in [-0.2, 0) is 6.42 Å². The fraction of sp³-hybridized carbons (Fsp3) is 0.538. The summed E-state index contributed by atoms with van der Waals surface area (Å²) in [5.41, 5.74) is 1.07. The maximum absolute atomic E-state index is 10.3. The second kappa shape index (κ2) is 13.2. The molecule has 2 aromatic carbocycles. The van der Waals surface area contributed by atoms with Gasteiger partial charge in [0.05, 0.1) is 13.7 Å². The van der Waals surface area contributed by atoms with Gasteiger partial charge in [0.15, 0.2) is 0 Å². The predicted octanol–water partition coefficient (Wildman–Crippen LogP) is 5.00. The van der Waals surface area contributed by atoms with Gasteiger partial charge in [-0.2, -0.15) is 0 Å². The van der Waals surface area contributed by atoms with E-state index in [-0.39, 0.29) is 12.1 Å². The molecular weight excluding hydrogens is 390 g/mol. The van der Waals surface area contributed by atoms with E-state index in [4.69, 9.17) is 14.2 Å². The van der Waals surface area contributed by atoms with Crippen molar-refractivity contribution in [3.63, 3.8) is 0 Å². The fourth-order valence-corrected chi connectivity index (χ4v) is 3.31. The largest absolute Gasteiger partial charge is 0.497 e. The van der Waals surface area contributed by atoms with Gasteiger partial charge in [0.2, 0.25) is 0 Å². The quantitative estimate of drug-likeness (QED) is 0.390. The molecule has 5 heteroatoms. The van der Waals surface area contributed by atoms with E-state index in [1.54, 1.807) is 7.11 Å². The van der Waals surface area contributed by atoms with Crippen LogP contribution in [-0.4, -0.2) is 43.6 Å². The molecule has 0 aliphatic rings. The average molecular weight is 430 g/mol. The van der Waals surface area contributed by atoms with Crippen LogP contribution < -0.4 is 19.5 Å². The molecule has 172 valence electrons. The third-order valence-corrected chi connectivity index (χ3v) is 5.15. The number of methoxy groups -OCH3 is 1. The van der Waals surface area contributed by atoms with Crippen molar-refractivity contribution in [2.75, 3.05) is 26.9 Å². The maximum Gasteiger partial charge on any atom is 0.119 e. The van der Waals surface area contributed by atoms with Crippen LogP contribution in [0, 0.1) is 0 Å². The Morgan fingerprint density at radius 3 is 2.10 bits per heavy atom. The third kappa shape index (κ3) is 10.1. The molecule has 0 aromatic heterocycles. The smallest absolute Gasteiger partial charge is 0.119 e. The van der Waals surface area contributed by atoms with Crippen molar-refractivity contribution in [1.82, 2.24) is 5.32 Å². The second-order valence-corrected chi connectivity index (χ2v) is 8.63. The van der Waals surface area contributed by atoms with E-state index >= 15 is 0 Å². The third-order valence-electron chi connectivity index (χ3n) is 5.15. The Bertz CT molecular complexity index is 728. The molecule has 0 fully saturated rings. The number of β-amino-alcohol motifs (C(OH)–C–C–N with tert-alkyl or cyclic N) is 1. The first-order valence-corrected chi connectivity index (χ1v) is 11.3. The van der Waals surface area contributed by atoms with Crippen molar-refractivity contribution in [2.45, 2.75) is 64.5 Å².